The topological polar surface area (TPSA) is 56.8 Å². The van der Waals surface area contributed by atoms with E-state index >= 15 is 0 Å². The molecular weight excluding hydrogens is 325 g/mol. The van der Waals surface area contributed by atoms with Crippen molar-refractivity contribution in [1.29, 1.82) is 0 Å². The molecule has 3 rings (SSSR count). The van der Waals surface area contributed by atoms with Gasteiger partial charge in [-0.1, -0.05) is 12.1 Å². The summed E-state index contributed by atoms with van der Waals surface area (Å²) in [5.74, 6) is 0.439. The summed E-state index contributed by atoms with van der Waals surface area (Å²) in [6.45, 7) is 4.03. The van der Waals surface area contributed by atoms with Crippen molar-refractivity contribution in [3.05, 3.63) is 47.8 Å². The average Bonchev–Trinajstić information content (AvgIpc) is 2.93. The molecule has 1 aliphatic heterocycles. The van der Waals surface area contributed by atoms with Crippen LogP contribution in [0.1, 0.15) is 19.4 Å². The maximum atomic E-state index is 13.5. The molecule has 0 bridgehead atoms. The van der Waals surface area contributed by atoms with Crippen LogP contribution in [-0.4, -0.2) is 25.2 Å². The number of fused-ring (bicyclic) bond motifs is 1. The van der Waals surface area contributed by atoms with Crippen molar-refractivity contribution < 1.29 is 23.4 Å². The number of anilines is 1. The van der Waals surface area contributed by atoms with Crippen LogP contribution in [0.4, 0.5) is 10.1 Å². The van der Waals surface area contributed by atoms with Gasteiger partial charge in [0, 0.05) is 18.1 Å². The summed E-state index contributed by atoms with van der Waals surface area (Å²) in [4.78, 5) is 12.2. The summed E-state index contributed by atoms with van der Waals surface area (Å²) in [6, 6.07) is 9.59. The lowest BCUT2D eigenvalue weighted by Crippen LogP contribution is -2.21. The van der Waals surface area contributed by atoms with Crippen molar-refractivity contribution in [2.24, 2.45) is 0 Å². The number of amides is 1. The smallest absolute Gasteiger partial charge is 0.262 e. The van der Waals surface area contributed by atoms with Gasteiger partial charge in [-0.15, -0.1) is 0 Å². The van der Waals surface area contributed by atoms with Gasteiger partial charge in [-0.05, 0) is 32.0 Å². The highest BCUT2D eigenvalue weighted by Crippen LogP contribution is 2.38. The fourth-order valence-electron chi connectivity index (χ4n) is 2.70. The first-order chi connectivity index (χ1) is 12.1. The minimum atomic E-state index is -0.509. The Morgan fingerprint density at radius 1 is 1.28 bits per heavy atom. The molecule has 2 aromatic carbocycles. The number of hydrogen-bond acceptors (Lipinski definition) is 4. The van der Waals surface area contributed by atoms with Gasteiger partial charge in [0.15, 0.2) is 18.2 Å². The van der Waals surface area contributed by atoms with E-state index in [1.54, 1.807) is 18.2 Å². The molecule has 132 valence electrons. The molecule has 25 heavy (non-hydrogen) atoms. The maximum Gasteiger partial charge on any atom is 0.262 e. The summed E-state index contributed by atoms with van der Waals surface area (Å²) in [6.07, 6.45) is 0.903. The van der Waals surface area contributed by atoms with Crippen LogP contribution in [0.15, 0.2) is 36.4 Å². The molecule has 1 amide bonds. The van der Waals surface area contributed by atoms with E-state index in [1.807, 2.05) is 19.9 Å². The highest BCUT2D eigenvalue weighted by Gasteiger charge is 2.22. The first kappa shape index (κ1) is 17.1. The van der Waals surface area contributed by atoms with Crippen LogP contribution in [-0.2, 0) is 11.2 Å². The first-order valence-corrected chi connectivity index (χ1v) is 8.20. The minimum absolute atomic E-state index is 0.0359. The number of carbonyl (C=O) groups is 1. The number of nitrogens with one attached hydrogen (secondary N) is 1. The summed E-state index contributed by atoms with van der Waals surface area (Å²) in [7, 11) is 0. The SMILES string of the molecule is CCOc1cc2c(cc1NC(=O)COc1ccccc1F)O[C@H](C)C2. The molecule has 0 spiro atoms. The van der Waals surface area contributed by atoms with Crippen LogP contribution in [0.5, 0.6) is 17.2 Å². The molecule has 1 atom stereocenters. The van der Waals surface area contributed by atoms with Crippen LogP contribution in [0.2, 0.25) is 0 Å². The van der Waals surface area contributed by atoms with E-state index in [1.165, 1.54) is 12.1 Å². The van der Waals surface area contributed by atoms with E-state index in [4.69, 9.17) is 14.2 Å². The monoisotopic (exact) mass is 345 g/mol. The standard InChI is InChI=1S/C19H20FNO4/c1-3-23-18-9-13-8-12(2)25-17(13)10-15(18)21-19(22)11-24-16-7-5-4-6-14(16)20/h4-7,9-10,12H,3,8,11H2,1-2H3,(H,21,22)/t12-/m1/s1. The normalized spacial score (nSPS) is 15.2. The third-order valence-electron chi connectivity index (χ3n) is 3.77. The van der Waals surface area contributed by atoms with Crippen molar-refractivity contribution in [1.82, 2.24) is 0 Å². The summed E-state index contributed by atoms with van der Waals surface area (Å²) in [5.41, 5.74) is 1.56. The highest BCUT2D eigenvalue weighted by atomic mass is 19.1. The van der Waals surface area contributed by atoms with Crippen LogP contribution >= 0.6 is 0 Å². The Morgan fingerprint density at radius 2 is 2.08 bits per heavy atom. The molecule has 0 aliphatic carbocycles. The van der Waals surface area contributed by atoms with Gasteiger partial charge in [0.05, 0.1) is 12.3 Å². The zero-order chi connectivity index (χ0) is 17.8. The molecule has 0 radical (unpaired) electrons. The molecule has 0 fully saturated rings. The Morgan fingerprint density at radius 3 is 2.84 bits per heavy atom. The van der Waals surface area contributed by atoms with Gasteiger partial charge in [0.25, 0.3) is 5.91 Å². The molecule has 0 aromatic heterocycles. The number of hydrogen-bond donors (Lipinski definition) is 1. The molecule has 0 unspecified atom stereocenters. The zero-order valence-electron chi connectivity index (χ0n) is 14.2. The fraction of sp³-hybridized carbons (Fsp3) is 0.316. The van der Waals surface area contributed by atoms with Crippen molar-refractivity contribution in [2.45, 2.75) is 26.4 Å². The van der Waals surface area contributed by atoms with Crippen LogP contribution in [0.3, 0.4) is 0 Å². The maximum absolute atomic E-state index is 13.5. The number of carbonyl (C=O) groups excluding carboxylic acids is 1. The number of rotatable bonds is 6. The summed E-state index contributed by atoms with van der Waals surface area (Å²) >= 11 is 0. The molecule has 2 aromatic rings. The van der Waals surface area contributed by atoms with E-state index in [9.17, 15) is 9.18 Å². The number of para-hydroxylation sites is 1. The second-order valence-electron chi connectivity index (χ2n) is 5.79. The second kappa shape index (κ2) is 7.42. The Bertz CT molecular complexity index is 778. The average molecular weight is 345 g/mol. The van der Waals surface area contributed by atoms with E-state index in [0.29, 0.717) is 18.0 Å². The minimum Gasteiger partial charge on any atom is -0.492 e. The molecule has 1 heterocycles. The van der Waals surface area contributed by atoms with Crippen LogP contribution in [0.25, 0.3) is 0 Å². The van der Waals surface area contributed by atoms with Crippen molar-refractivity contribution >= 4 is 11.6 Å². The lowest BCUT2D eigenvalue weighted by Gasteiger charge is -2.14. The van der Waals surface area contributed by atoms with Crippen LogP contribution < -0.4 is 19.5 Å². The van der Waals surface area contributed by atoms with Gasteiger partial charge < -0.3 is 19.5 Å². The quantitative estimate of drug-likeness (QED) is 0.870. The molecule has 1 aliphatic rings. The largest absolute Gasteiger partial charge is 0.492 e. The predicted molar refractivity (Wildman–Crippen MR) is 91.9 cm³/mol. The van der Waals surface area contributed by atoms with Gasteiger partial charge in [0.2, 0.25) is 0 Å². The van der Waals surface area contributed by atoms with Gasteiger partial charge in [-0.3, -0.25) is 4.79 Å². The molecule has 0 saturated heterocycles. The summed E-state index contributed by atoms with van der Waals surface area (Å²) in [5, 5.41) is 2.74. The molecule has 0 saturated carbocycles. The van der Waals surface area contributed by atoms with Crippen molar-refractivity contribution in [3.63, 3.8) is 0 Å². The van der Waals surface area contributed by atoms with E-state index in [-0.39, 0.29) is 18.5 Å². The lowest BCUT2D eigenvalue weighted by molar-refractivity contribution is -0.118. The third kappa shape index (κ3) is 4.02. The van der Waals surface area contributed by atoms with Gasteiger partial charge >= 0.3 is 0 Å². The number of halogens is 1. The Kier molecular flexibility index (Phi) is 5.07. The van der Waals surface area contributed by atoms with Gasteiger partial charge in [-0.25, -0.2) is 4.39 Å². The van der Waals surface area contributed by atoms with E-state index < -0.39 is 11.7 Å². The zero-order valence-corrected chi connectivity index (χ0v) is 14.2. The van der Waals surface area contributed by atoms with E-state index in [0.717, 1.165) is 17.7 Å². The van der Waals surface area contributed by atoms with Crippen LogP contribution in [0, 0.1) is 5.82 Å². The highest BCUT2D eigenvalue weighted by molar-refractivity contribution is 5.93. The van der Waals surface area contributed by atoms with Crippen molar-refractivity contribution in [2.75, 3.05) is 18.5 Å². The summed E-state index contributed by atoms with van der Waals surface area (Å²) < 4.78 is 30.1. The van der Waals surface area contributed by atoms with E-state index in [2.05, 4.69) is 5.32 Å². The first-order valence-electron chi connectivity index (χ1n) is 8.20. The lowest BCUT2D eigenvalue weighted by atomic mass is 10.1. The predicted octanol–water partition coefficient (Wildman–Crippen LogP) is 3.57. The third-order valence-corrected chi connectivity index (χ3v) is 3.77. The number of benzene rings is 2. The van der Waals surface area contributed by atoms with Gasteiger partial charge in [-0.2, -0.15) is 0 Å². The molecule has 5 nitrogen and oxygen atoms in total. The van der Waals surface area contributed by atoms with Crippen molar-refractivity contribution in [3.8, 4) is 17.2 Å². The Hall–Kier alpha value is -2.76. The number of ether oxygens (including phenoxy) is 3. The fourth-order valence-corrected chi connectivity index (χ4v) is 2.70. The Balaban J connectivity index is 1.70. The second-order valence-corrected chi connectivity index (χ2v) is 5.79. The van der Waals surface area contributed by atoms with Gasteiger partial charge in [0.1, 0.15) is 17.6 Å². The molecule has 6 heteroatoms. The molecular formula is C19H20FNO4. The molecule has 1 N–H and O–H groups in total. The Labute approximate surface area is 145 Å².